The molecule has 1 aromatic rings. The van der Waals surface area contributed by atoms with Gasteiger partial charge in [0.05, 0.1) is 13.2 Å². The van der Waals surface area contributed by atoms with Crippen LogP contribution in [0.2, 0.25) is 0 Å². The van der Waals surface area contributed by atoms with Crippen LogP contribution in [0.25, 0.3) is 0 Å². The first-order valence-electron chi connectivity index (χ1n) is 5.19. The Bertz CT molecular complexity index is 363. The molecule has 0 fully saturated rings. The molecule has 0 aliphatic rings. The van der Waals surface area contributed by atoms with Crippen LogP contribution < -0.4 is 10.1 Å². The summed E-state index contributed by atoms with van der Waals surface area (Å²) >= 11 is 0. The van der Waals surface area contributed by atoms with Gasteiger partial charge in [-0.15, -0.1) is 0 Å². The topological polar surface area (TPSA) is 47.6 Å². The number of carbonyl (C=O) groups is 1. The first-order valence-corrected chi connectivity index (χ1v) is 5.19. The van der Waals surface area contributed by atoms with E-state index >= 15 is 0 Å². The second-order valence-electron chi connectivity index (χ2n) is 3.27. The summed E-state index contributed by atoms with van der Waals surface area (Å²) in [6.45, 7) is 2.94. The van der Waals surface area contributed by atoms with E-state index in [-0.39, 0.29) is 5.91 Å². The van der Waals surface area contributed by atoms with Gasteiger partial charge in [-0.1, -0.05) is 0 Å². The van der Waals surface area contributed by atoms with Gasteiger partial charge in [0.2, 0.25) is 0 Å². The molecule has 0 aromatic heterocycles. The van der Waals surface area contributed by atoms with E-state index in [1.54, 1.807) is 32.4 Å². The van der Waals surface area contributed by atoms with E-state index in [4.69, 9.17) is 9.47 Å². The molecule has 0 atom stereocenters. The third-order valence-corrected chi connectivity index (χ3v) is 2.15. The minimum Gasteiger partial charge on any atom is -0.494 e. The predicted molar refractivity (Wildman–Crippen MR) is 61.7 cm³/mol. The lowest BCUT2D eigenvalue weighted by atomic mass is 10.1. The number of ether oxygens (including phenoxy) is 2. The van der Waals surface area contributed by atoms with Crippen LogP contribution in [0.4, 0.5) is 0 Å². The molecule has 0 unspecified atom stereocenters. The molecule has 88 valence electrons. The first kappa shape index (κ1) is 12.5. The van der Waals surface area contributed by atoms with E-state index in [9.17, 15) is 4.79 Å². The number of benzene rings is 1. The Morgan fingerprint density at radius 2 is 2.19 bits per heavy atom. The van der Waals surface area contributed by atoms with Gasteiger partial charge in [0, 0.05) is 25.3 Å². The molecule has 0 saturated heterocycles. The van der Waals surface area contributed by atoms with Crippen molar-refractivity contribution in [2.45, 2.75) is 13.5 Å². The summed E-state index contributed by atoms with van der Waals surface area (Å²) in [6.07, 6.45) is 0. The second-order valence-corrected chi connectivity index (χ2v) is 3.27. The normalized spacial score (nSPS) is 9.94. The zero-order chi connectivity index (χ0) is 12.0. The van der Waals surface area contributed by atoms with Gasteiger partial charge in [-0.05, 0) is 25.1 Å². The predicted octanol–water partition coefficient (Wildman–Crippen LogP) is 1.59. The average molecular weight is 223 g/mol. The maximum Gasteiger partial charge on any atom is 0.251 e. The Balaban J connectivity index is 3.01. The quantitative estimate of drug-likeness (QED) is 0.824. The first-order chi connectivity index (χ1) is 7.72. The van der Waals surface area contributed by atoms with Crippen molar-refractivity contribution in [3.05, 3.63) is 29.3 Å². The molecule has 0 spiro atoms. The number of carbonyl (C=O) groups excluding carboxylic acids is 1. The minimum atomic E-state index is -0.111. The van der Waals surface area contributed by atoms with Crippen LogP contribution >= 0.6 is 0 Å². The van der Waals surface area contributed by atoms with Crippen molar-refractivity contribution in [2.24, 2.45) is 0 Å². The lowest BCUT2D eigenvalue weighted by Gasteiger charge is -2.11. The van der Waals surface area contributed by atoms with Crippen LogP contribution in [0, 0.1) is 0 Å². The molecule has 4 heteroatoms. The van der Waals surface area contributed by atoms with Gasteiger partial charge in [0.1, 0.15) is 5.75 Å². The Morgan fingerprint density at radius 3 is 2.75 bits per heavy atom. The van der Waals surface area contributed by atoms with E-state index in [0.29, 0.717) is 18.8 Å². The van der Waals surface area contributed by atoms with Gasteiger partial charge in [-0.3, -0.25) is 4.79 Å². The molecule has 0 radical (unpaired) electrons. The van der Waals surface area contributed by atoms with Crippen molar-refractivity contribution in [3.8, 4) is 5.75 Å². The van der Waals surface area contributed by atoms with Gasteiger partial charge in [-0.2, -0.15) is 0 Å². The third-order valence-electron chi connectivity index (χ3n) is 2.15. The number of hydrogen-bond donors (Lipinski definition) is 1. The fourth-order valence-electron chi connectivity index (χ4n) is 1.43. The van der Waals surface area contributed by atoms with Gasteiger partial charge in [0.15, 0.2) is 0 Å². The Hall–Kier alpha value is -1.55. The van der Waals surface area contributed by atoms with Crippen LogP contribution in [-0.2, 0) is 11.3 Å². The number of methoxy groups -OCH3 is 1. The van der Waals surface area contributed by atoms with E-state index in [1.165, 1.54) is 0 Å². The monoisotopic (exact) mass is 223 g/mol. The molecule has 0 aliphatic carbocycles. The third kappa shape index (κ3) is 2.97. The summed E-state index contributed by atoms with van der Waals surface area (Å²) in [5.74, 6) is 0.650. The number of amides is 1. The Kier molecular flexibility index (Phi) is 4.79. The van der Waals surface area contributed by atoms with Crippen molar-refractivity contribution >= 4 is 5.91 Å². The van der Waals surface area contributed by atoms with E-state index in [2.05, 4.69) is 5.32 Å². The van der Waals surface area contributed by atoms with Crippen LogP contribution in [0.5, 0.6) is 5.75 Å². The summed E-state index contributed by atoms with van der Waals surface area (Å²) in [6, 6.07) is 5.32. The largest absolute Gasteiger partial charge is 0.494 e. The molecule has 16 heavy (non-hydrogen) atoms. The SMILES string of the molecule is CCOc1ccc(C(=O)NC)cc1COC. The van der Waals surface area contributed by atoms with E-state index in [1.807, 2.05) is 6.92 Å². The highest BCUT2D eigenvalue weighted by molar-refractivity contribution is 5.94. The molecule has 1 aromatic carbocycles. The van der Waals surface area contributed by atoms with Gasteiger partial charge in [0.25, 0.3) is 5.91 Å². The fraction of sp³-hybridized carbons (Fsp3) is 0.417. The Labute approximate surface area is 95.6 Å². The van der Waals surface area contributed by atoms with Gasteiger partial charge >= 0.3 is 0 Å². The standard InChI is InChI=1S/C12H17NO3/c1-4-16-11-6-5-9(12(14)13-2)7-10(11)8-15-3/h5-7H,4,8H2,1-3H3,(H,13,14). The molecule has 0 bridgehead atoms. The van der Waals surface area contributed by atoms with Crippen molar-refractivity contribution in [1.82, 2.24) is 5.32 Å². The molecular formula is C12H17NO3. The summed E-state index contributed by atoms with van der Waals surface area (Å²) in [5.41, 5.74) is 1.49. The number of hydrogen-bond acceptors (Lipinski definition) is 3. The Morgan fingerprint density at radius 1 is 1.44 bits per heavy atom. The fourth-order valence-corrected chi connectivity index (χ4v) is 1.43. The van der Waals surface area contributed by atoms with E-state index in [0.717, 1.165) is 11.3 Å². The smallest absolute Gasteiger partial charge is 0.251 e. The summed E-state index contributed by atoms with van der Waals surface area (Å²) < 4.78 is 10.5. The molecule has 0 heterocycles. The summed E-state index contributed by atoms with van der Waals surface area (Å²) in [7, 11) is 3.22. The van der Waals surface area contributed by atoms with Crippen molar-refractivity contribution < 1.29 is 14.3 Å². The average Bonchev–Trinajstić information content (AvgIpc) is 2.31. The molecule has 1 N–H and O–H groups in total. The van der Waals surface area contributed by atoms with Crippen molar-refractivity contribution in [1.29, 1.82) is 0 Å². The van der Waals surface area contributed by atoms with Crippen molar-refractivity contribution in [3.63, 3.8) is 0 Å². The van der Waals surface area contributed by atoms with Gasteiger partial charge in [-0.25, -0.2) is 0 Å². The zero-order valence-corrected chi connectivity index (χ0v) is 9.87. The maximum atomic E-state index is 11.4. The maximum absolute atomic E-state index is 11.4. The second kappa shape index (κ2) is 6.12. The molecular weight excluding hydrogens is 206 g/mol. The minimum absolute atomic E-state index is 0.111. The highest BCUT2D eigenvalue weighted by Gasteiger charge is 2.08. The lowest BCUT2D eigenvalue weighted by Crippen LogP contribution is -2.18. The zero-order valence-electron chi connectivity index (χ0n) is 9.87. The molecule has 4 nitrogen and oxygen atoms in total. The van der Waals surface area contributed by atoms with Crippen LogP contribution in [0.1, 0.15) is 22.8 Å². The highest BCUT2D eigenvalue weighted by atomic mass is 16.5. The van der Waals surface area contributed by atoms with Crippen LogP contribution in [-0.4, -0.2) is 26.7 Å². The van der Waals surface area contributed by atoms with Crippen molar-refractivity contribution in [2.75, 3.05) is 20.8 Å². The van der Waals surface area contributed by atoms with Gasteiger partial charge < -0.3 is 14.8 Å². The van der Waals surface area contributed by atoms with Crippen LogP contribution in [0.15, 0.2) is 18.2 Å². The number of nitrogens with one attached hydrogen (secondary N) is 1. The lowest BCUT2D eigenvalue weighted by molar-refractivity contribution is 0.0962. The molecule has 1 rings (SSSR count). The highest BCUT2D eigenvalue weighted by Crippen LogP contribution is 2.21. The molecule has 1 amide bonds. The van der Waals surface area contributed by atoms with E-state index < -0.39 is 0 Å². The number of rotatable bonds is 5. The summed E-state index contributed by atoms with van der Waals surface area (Å²) in [4.78, 5) is 11.4. The molecule has 0 saturated carbocycles. The molecule has 0 aliphatic heterocycles. The van der Waals surface area contributed by atoms with Crippen LogP contribution in [0.3, 0.4) is 0 Å². The summed E-state index contributed by atoms with van der Waals surface area (Å²) in [5, 5.41) is 2.58.